The average Bonchev–Trinajstić information content (AvgIpc) is 2.96. The predicted octanol–water partition coefficient (Wildman–Crippen LogP) is 3.30. The second-order valence-electron chi connectivity index (χ2n) is 5.71. The number of hydrogen-bond donors (Lipinski definition) is 1. The minimum Gasteiger partial charge on any atom is -0.495 e. The monoisotopic (exact) mass is 404 g/mol. The van der Waals surface area contributed by atoms with E-state index in [1.165, 1.54) is 18.9 Å². The summed E-state index contributed by atoms with van der Waals surface area (Å²) in [4.78, 5) is 19.1. The van der Waals surface area contributed by atoms with Gasteiger partial charge in [-0.1, -0.05) is 17.7 Å². The number of amidine groups is 1. The molecule has 0 saturated heterocycles. The molecule has 9 heteroatoms. The summed E-state index contributed by atoms with van der Waals surface area (Å²) in [6, 6.07) is 6.69. The molecule has 7 nitrogen and oxygen atoms in total. The van der Waals surface area contributed by atoms with Gasteiger partial charge in [0.25, 0.3) is 0 Å². The quantitative estimate of drug-likeness (QED) is 0.768. The van der Waals surface area contributed by atoms with E-state index in [2.05, 4.69) is 11.1 Å². The van der Waals surface area contributed by atoms with Gasteiger partial charge in [-0.25, -0.2) is 9.79 Å². The lowest BCUT2D eigenvalue weighted by Gasteiger charge is -2.35. The Bertz CT molecular complexity index is 948. The molecular weight excluding hydrogens is 388 g/mol. The Morgan fingerprint density at radius 2 is 2.26 bits per heavy atom. The second-order valence-corrected chi connectivity index (χ2v) is 7.09. The lowest BCUT2D eigenvalue weighted by molar-refractivity contribution is -0.139. The maximum atomic E-state index is 12.7. The van der Waals surface area contributed by atoms with Crippen LogP contribution in [0.4, 0.5) is 0 Å². The topological polar surface area (TPSA) is 101 Å². The first-order valence-electron chi connectivity index (χ1n) is 8.09. The van der Waals surface area contributed by atoms with E-state index < -0.39 is 12.0 Å². The van der Waals surface area contributed by atoms with E-state index in [1.54, 1.807) is 36.9 Å². The fraction of sp³-hybridized carbons (Fsp3) is 0.278. The highest BCUT2D eigenvalue weighted by molar-refractivity contribution is 8.17. The highest BCUT2D eigenvalue weighted by Crippen LogP contribution is 2.46. The van der Waals surface area contributed by atoms with Crippen LogP contribution in [0.3, 0.4) is 0 Å². The molecule has 3 rings (SSSR count). The van der Waals surface area contributed by atoms with E-state index in [4.69, 9.17) is 26.8 Å². The van der Waals surface area contributed by atoms with E-state index in [9.17, 15) is 10.1 Å². The summed E-state index contributed by atoms with van der Waals surface area (Å²) in [5, 5.41) is 10.3. The molecule has 2 aliphatic rings. The first-order chi connectivity index (χ1) is 12.9. The van der Waals surface area contributed by atoms with Crippen molar-refractivity contribution in [1.29, 1.82) is 5.26 Å². The summed E-state index contributed by atoms with van der Waals surface area (Å²) in [6.45, 7) is 3.69. The third-order valence-electron chi connectivity index (χ3n) is 4.16. The van der Waals surface area contributed by atoms with Crippen LogP contribution in [0.25, 0.3) is 0 Å². The normalized spacial score (nSPS) is 18.9. The van der Waals surface area contributed by atoms with Crippen molar-refractivity contribution >= 4 is 34.5 Å². The zero-order valence-corrected chi connectivity index (χ0v) is 16.5. The molecule has 27 heavy (non-hydrogen) atoms. The van der Waals surface area contributed by atoms with Gasteiger partial charge in [-0.2, -0.15) is 5.26 Å². The number of carbonyl (C=O) groups excluding carboxylic acids is 1. The van der Waals surface area contributed by atoms with Gasteiger partial charge in [-0.15, -0.1) is 0 Å². The molecule has 2 heterocycles. The number of esters is 1. The number of benzene rings is 1. The minimum atomic E-state index is -0.613. The number of fused-ring (bicyclic) bond motifs is 1. The Labute approximate surface area is 166 Å². The molecule has 2 N–H and O–H groups in total. The van der Waals surface area contributed by atoms with Crippen molar-refractivity contribution in [2.75, 3.05) is 13.7 Å². The van der Waals surface area contributed by atoms with E-state index in [0.717, 1.165) is 0 Å². The molecular formula is C18H17ClN4O3S. The number of carbonyl (C=O) groups is 1. The number of nitrogens with two attached hydrogens (primary N) is 1. The number of nitrogens with zero attached hydrogens (tertiary/aromatic N) is 3. The van der Waals surface area contributed by atoms with Gasteiger partial charge < -0.3 is 15.2 Å². The van der Waals surface area contributed by atoms with Crippen molar-refractivity contribution in [3.8, 4) is 11.8 Å². The standard InChI is InChI=1S/C18H17ClN4O3S/c1-4-26-17(24)14-9(2)22-18-23(16(21)13(8-20)27-18)15(14)10-5-6-12(25-3)11(19)7-10/h5-7,15H,4,21H2,1-3H3/t15-/m0/s1. The SMILES string of the molecule is CCOC(=O)C1=C(C)N=C2SC(C#N)=C(N)N2[C@H]1c1ccc(OC)c(Cl)c1. The number of nitriles is 1. The molecule has 0 saturated carbocycles. The third kappa shape index (κ3) is 3.24. The summed E-state index contributed by atoms with van der Waals surface area (Å²) in [6.07, 6.45) is 0. The van der Waals surface area contributed by atoms with Crippen molar-refractivity contribution in [3.63, 3.8) is 0 Å². The van der Waals surface area contributed by atoms with Crippen LogP contribution >= 0.6 is 23.4 Å². The summed E-state index contributed by atoms with van der Waals surface area (Å²) in [7, 11) is 1.53. The molecule has 0 radical (unpaired) electrons. The summed E-state index contributed by atoms with van der Waals surface area (Å²) in [5.74, 6) is 0.269. The van der Waals surface area contributed by atoms with Crippen LogP contribution < -0.4 is 10.5 Å². The molecule has 1 aromatic rings. The van der Waals surface area contributed by atoms with Crippen LogP contribution in [0.1, 0.15) is 25.5 Å². The van der Waals surface area contributed by atoms with Crippen LogP contribution in [-0.4, -0.2) is 29.8 Å². The molecule has 0 fully saturated rings. The van der Waals surface area contributed by atoms with Crippen LogP contribution in [0.2, 0.25) is 5.02 Å². The zero-order valence-electron chi connectivity index (χ0n) is 14.9. The Morgan fingerprint density at radius 1 is 1.52 bits per heavy atom. The van der Waals surface area contributed by atoms with Crippen LogP contribution in [0.5, 0.6) is 5.75 Å². The lowest BCUT2D eigenvalue weighted by atomic mass is 9.94. The molecule has 1 aromatic carbocycles. The summed E-state index contributed by atoms with van der Waals surface area (Å²) in [5.41, 5.74) is 7.77. The number of halogens is 1. The first-order valence-corrected chi connectivity index (χ1v) is 9.29. The largest absolute Gasteiger partial charge is 0.495 e. The van der Waals surface area contributed by atoms with Gasteiger partial charge in [-0.3, -0.25) is 4.90 Å². The maximum Gasteiger partial charge on any atom is 0.338 e. The fourth-order valence-electron chi connectivity index (χ4n) is 2.98. The number of rotatable bonds is 4. The molecule has 0 bridgehead atoms. The van der Waals surface area contributed by atoms with Crippen LogP contribution in [0, 0.1) is 11.3 Å². The first kappa shape index (κ1) is 19.1. The van der Waals surface area contributed by atoms with Gasteiger partial charge >= 0.3 is 5.97 Å². The van der Waals surface area contributed by atoms with Crippen molar-refractivity contribution < 1.29 is 14.3 Å². The Hall–Kier alpha value is -2.63. The Kier molecular flexibility index (Phi) is 5.35. The van der Waals surface area contributed by atoms with Gasteiger partial charge in [0.1, 0.15) is 22.5 Å². The van der Waals surface area contributed by atoms with Crippen molar-refractivity contribution in [2.24, 2.45) is 10.7 Å². The minimum absolute atomic E-state index is 0.228. The van der Waals surface area contributed by atoms with Gasteiger partial charge in [0.15, 0.2) is 5.17 Å². The molecule has 0 amide bonds. The van der Waals surface area contributed by atoms with Crippen molar-refractivity contribution in [2.45, 2.75) is 19.9 Å². The van der Waals surface area contributed by atoms with Gasteiger partial charge in [0, 0.05) is 0 Å². The van der Waals surface area contributed by atoms with Gasteiger partial charge in [-0.05, 0) is 43.3 Å². The number of ether oxygens (including phenoxy) is 2. The van der Waals surface area contributed by atoms with E-state index in [0.29, 0.717) is 37.7 Å². The lowest BCUT2D eigenvalue weighted by Crippen LogP contribution is -2.38. The highest BCUT2D eigenvalue weighted by Gasteiger charge is 2.42. The zero-order chi connectivity index (χ0) is 19.7. The van der Waals surface area contributed by atoms with Crippen LogP contribution in [-0.2, 0) is 9.53 Å². The van der Waals surface area contributed by atoms with Gasteiger partial charge in [0.2, 0.25) is 0 Å². The molecule has 0 aromatic heterocycles. The second kappa shape index (κ2) is 7.55. The molecule has 2 aliphatic heterocycles. The fourth-order valence-corrected chi connectivity index (χ4v) is 4.16. The predicted molar refractivity (Wildman–Crippen MR) is 104 cm³/mol. The number of thioether (sulfide) groups is 1. The number of allylic oxidation sites excluding steroid dienone is 2. The van der Waals surface area contributed by atoms with E-state index >= 15 is 0 Å². The maximum absolute atomic E-state index is 12.7. The molecule has 0 spiro atoms. The summed E-state index contributed by atoms with van der Waals surface area (Å²) >= 11 is 7.47. The van der Waals surface area contributed by atoms with Crippen LogP contribution in [0.15, 0.2) is 45.2 Å². The van der Waals surface area contributed by atoms with Gasteiger partial charge in [0.05, 0.1) is 36.1 Å². The van der Waals surface area contributed by atoms with E-state index in [-0.39, 0.29) is 12.4 Å². The molecule has 1 atom stereocenters. The molecule has 140 valence electrons. The van der Waals surface area contributed by atoms with E-state index in [1.807, 2.05) is 0 Å². The summed E-state index contributed by atoms with van der Waals surface area (Å²) < 4.78 is 10.4. The van der Waals surface area contributed by atoms with Crippen molar-refractivity contribution in [3.05, 3.63) is 50.8 Å². The highest BCUT2D eigenvalue weighted by atomic mass is 35.5. The molecule has 0 aliphatic carbocycles. The van der Waals surface area contributed by atoms with Crippen molar-refractivity contribution in [1.82, 2.24) is 4.90 Å². The Morgan fingerprint density at radius 3 is 2.85 bits per heavy atom. The smallest absolute Gasteiger partial charge is 0.338 e. The number of aliphatic imine (C=N–C) groups is 1. The number of methoxy groups -OCH3 is 1. The number of hydrogen-bond acceptors (Lipinski definition) is 8. The average molecular weight is 405 g/mol. The Balaban J connectivity index is 2.19. The molecule has 0 unspecified atom stereocenters. The third-order valence-corrected chi connectivity index (χ3v) is 5.44.